The summed E-state index contributed by atoms with van der Waals surface area (Å²) in [6.45, 7) is 0.562. The first-order valence-corrected chi connectivity index (χ1v) is 5.59. The zero-order chi connectivity index (χ0) is 11.1. The highest BCUT2D eigenvalue weighted by Crippen LogP contribution is 2.40. The van der Waals surface area contributed by atoms with Crippen LogP contribution < -0.4 is 9.47 Å². The minimum atomic E-state index is 0.0534. The Bertz CT molecular complexity index is 520. The van der Waals surface area contributed by atoms with Gasteiger partial charge in [0.05, 0.1) is 23.3 Å². The van der Waals surface area contributed by atoms with Gasteiger partial charge in [-0.2, -0.15) is 0 Å². The number of hydrogen-bond acceptors (Lipinski definition) is 4. The Hall–Kier alpha value is -1.43. The predicted molar refractivity (Wildman–Crippen MR) is 58.9 cm³/mol. The Balaban J connectivity index is 1.97. The molecule has 5 nitrogen and oxygen atoms in total. The molecule has 1 unspecified atom stereocenters. The molecule has 0 bridgehead atoms. The predicted octanol–water partition coefficient (Wildman–Crippen LogP) is 2.30. The van der Waals surface area contributed by atoms with Gasteiger partial charge in [0.25, 0.3) is 5.88 Å². The number of ether oxygens (including phenoxy) is 2. The first kappa shape index (κ1) is 9.77. The molecule has 84 valence electrons. The summed E-state index contributed by atoms with van der Waals surface area (Å²) in [5, 5.41) is 3.78. The first-order valence-electron chi connectivity index (χ1n) is 4.79. The maximum absolute atomic E-state index is 5.54. The van der Waals surface area contributed by atoms with Crippen molar-refractivity contribution < 1.29 is 14.0 Å². The van der Waals surface area contributed by atoms with Gasteiger partial charge in [-0.3, -0.25) is 0 Å². The van der Waals surface area contributed by atoms with Gasteiger partial charge in [0.1, 0.15) is 12.4 Å². The molecule has 0 radical (unpaired) electrons. The first-order chi connectivity index (χ1) is 7.78. The molecule has 0 amide bonds. The lowest BCUT2D eigenvalue weighted by atomic mass is 10.1. The summed E-state index contributed by atoms with van der Waals surface area (Å²) in [6, 6.07) is 3.68. The van der Waals surface area contributed by atoms with Crippen LogP contribution in [0.4, 0.5) is 0 Å². The van der Waals surface area contributed by atoms with Crippen molar-refractivity contribution in [2.24, 2.45) is 0 Å². The van der Waals surface area contributed by atoms with E-state index in [2.05, 4.69) is 26.1 Å². The Morgan fingerprint density at radius 2 is 2.44 bits per heavy atom. The van der Waals surface area contributed by atoms with Gasteiger partial charge < -0.3 is 19.0 Å². The van der Waals surface area contributed by atoms with Crippen molar-refractivity contribution in [3.05, 3.63) is 28.2 Å². The molecule has 2 aromatic rings. The molecule has 3 rings (SSSR count). The number of hydrogen-bond donors (Lipinski definition) is 1. The third-order valence-electron chi connectivity index (χ3n) is 2.59. The summed E-state index contributed by atoms with van der Waals surface area (Å²) < 4.78 is 16.6. The average molecular weight is 285 g/mol. The fourth-order valence-corrected chi connectivity index (χ4v) is 2.23. The van der Waals surface area contributed by atoms with E-state index in [0.717, 1.165) is 21.8 Å². The summed E-state index contributed by atoms with van der Waals surface area (Å²) in [6.07, 6.45) is 0. The summed E-state index contributed by atoms with van der Waals surface area (Å²) in [7, 11) is 1.56. The van der Waals surface area contributed by atoms with Gasteiger partial charge in [-0.15, -0.1) is 0 Å². The number of aromatic nitrogens is 2. The average Bonchev–Trinajstić information content (AvgIpc) is 2.91. The van der Waals surface area contributed by atoms with Crippen LogP contribution in [0.3, 0.4) is 0 Å². The minimum absolute atomic E-state index is 0.0534. The van der Waals surface area contributed by atoms with Crippen LogP contribution in [0.2, 0.25) is 0 Å². The Labute approximate surface area is 99.8 Å². The van der Waals surface area contributed by atoms with Gasteiger partial charge in [-0.05, 0) is 21.1 Å². The van der Waals surface area contributed by atoms with Crippen LogP contribution in [-0.2, 0) is 0 Å². The molecular weight excluding hydrogens is 276 g/mol. The number of fused-ring (bicyclic) bond motifs is 1. The monoisotopic (exact) mass is 284 g/mol. The van der Waals surface area contributed by atoms with Gasteiger partial charge in [-0.25, -0.2) is 0 Å². The van der Waals surface area contributed by atoms with Gasteiger partial charge in [0.2, 0.25) is 0 Å². The molecule has 6 heteroatoms. The van der Waals surface area contributed by atoms with Crippen LogP contribution in [0, 0.1) is 0 Å². The van der Waals surface area contributed by atoms with Crippen molar-refractivity contribution in [1.82, 2.24) is 10.1 Å². The second-order valence-electron chi connectivity index (χ2n) is 3.53. The maximum atomic E-state index is 5.54. The zero-order valence-electron chi connectivity index (χ0n) is 8.49. The van der Waals surface area contributed by atoms with E-state index in [-0.39, 0.29) is 5.92 Å². The molecule has 2 aromatic heterocycles. The fraction of sp³-hybridized carbons (Fsp3) is 0.300. The molecule has 0 spiro atoms. The van der Waals surface area contributed by atoms with Crippen molar-refractivity contribution in [3.63, 3.8) is 0 Å². The molecule has 16 heavy (non-hydrogen) atoms. The number of nitrogens with one attached hydrogen (secondary N) is 1. The summed E-state index contributed by atoms with van der Waals surface area (Å²) in [5.41, 5.74) is 1.01. The second-order valence-corrected chi connectivity index (χ2v) is 4.38. The molecule has 0 saturated heterocycles. The van der Waals surface area contributed by atoms with Gasteiger partial charge >= 0.3 is 0 Å². The fourth-order valence-electron chi connectivity index (χ4n) is 1.81. The topological polar surface area (TPSA) is 60.3 Å². The van der Waals surface area contributed by atoms with E-state index >= 15 is 0 Å². The van der Waals surface area contributed by atoms with Crippen LogP contribution in [-0.4, -0.2) is 23.9 Å². The molecule has 0 aliphatic carbocycles. The third-order valence-corrected chi connectivity index (χ3v) is 3.02. The van der Waals surface area contributed by atoms with E-state index in [9.17, 15) is 0 Å². The van der Waals surface area contributed by atoms with Crippen LogP contribution in [0.5, 0.6) is 11.6 Å². The summed E-state index contributed by atoms with van der Waals surface area (Å²) in [5.74, 6) is 2.13. The second kappa shape index (κ2) is 3.55. The summed E-state index contributed by atoms with van der Waals surface area (Å²) >= 11 is 3.37. The standard InChI is InChI=1S/C10H9BrN2O3/c1-14-9-3-6(16-13-9)5-4-15-7-2-8(11)12-10(5)7/h2-3,5,12H,4H2,1H3. The Morgan fingerprint density at radius 1 is 1.56 bits per heavy atom. The van der Waals surface area contributed by atoms with Crippen molar-refractivity contribution in [1.29, 1.82) is 0 Å². The van der Waals surface area contributed by atoms with E-state index in [4.69, 9.17) is 14.0 Å². The third kappa shape index (κ3) is 1.41. The highest BCUT2D eigenvalue weighted by atomic mass is 79.9. The lowest BCUT2D eigenvalue weighted by Crippen LogP contribution is -2.02. The van der Waals surface area contributed by atoms with Crippen molar-refractivity contribution in [2.75, 3.05) is 13.7 Å². The normalized spacial score (nSPS) is 18.2. The van der Waals surface area contributed by atoms with Crippen LogP contribution in [0.25, 0.3) is 0 Å². The van der Waals surface area contributed by atoms with Crippen molar-refractivity contribution >= 4 is 15.9 Å². The van der Waals surface area contributed by atoms with Crippen molar-refractivity contribution in [3.8, 4) is 11.6 Å². The Kier molecular flexibility index (Phi) is 2.17. The van der Waals surface area contributed by atoms with Crippen LogP contribution in [0.15, 0.2) is 21.3 Å². The molecule has 1 N–H and O–H groups in total. The molecular formula is C10H9BrN2O3. The van der Waals surface area contributed by atoms with Crippen LogP contribution >= 0.6 is 15.9 Å². The quantitative estimate of drug-likeness (QED) is 0.919. The molecule has 0 saturated carbocycles. The molecule has 0 fully saturated rings. The Morgan fingerprint density at radius 3 is 3.19 bits per heavy atom. The number of methoxy groups -OCH3 is 1. The molecule has 3 heterocycles. The SMILES string of the molecule is COc1cc(C2COc3cc(Br)[nH]c32)on1. The molecule has 1 aliphatic heterocycles. The highest BCUT2D eigenvalue weighted by Gasteiger charge is 2.31. The zero-order valence-corrected chi connectivity index (χ0v) is 10.1. The number of rotatable bonds is 2. The van der Waals surface area contributed by atoms with Crippen molar-refractivity contribution in [2.45, 2.75) is 5.92 Å². The van der Waals surface area contributed by atoms with E-state index in [1.807, 2.05) is 6.07 Å². The number of nitrogens with zero attached hydrogens (tertiary/aromatic N) is 1. The van der Waals surface area contributed by atoms with Gasteiger partial charge in [0.15, 0.2) is 5.76 Å². The van der Waals surface area contributed by atoms with E-state index in [1.54, 1.807) is 13.2 Å². The largest absolute Gasteiger partial charge is 0.490 e. The molecule has 0 aromatic carbocycles. The lowest BCUT2D eigenvalue weighted by molar-refractivity contribution is 0.296. The van der Waals surface area contributed by atoms with E-state index < -0.39 is 0 Å². The highest BCUT2D eigenvalue weighted by molar-refractivity contribution is 9.10. The number of aromatic amines is 1. The number of H-pyrrole nitrogens is 1. The van der Waals surface area contributed by atoms with E-state index in [1.165, 1.54) is 0 Å². The molecule has 1 aliphatic rings. The summed E-state index contributed by atoms with van der Waals surface area (Å²) in [4.78, 5) is 3.20. The number of halogens is 1. The minimum Gasteiger partial charge on any atom is -0.490 e. The van der Waals surface area contributed by atoms with Gasteiger partial charge in [-0.1, -0.05) is 0 Å². The van der Waals surface area contributed by atoms with Crippen LogP contribution in [0.1, 0.15) is 17.4 Å². The maximum Gasteiger partial charge on any atom is 0.254 e. The van der Waals surface area contributed by atoms with Gasteiger partial charge in [0, 0.05) is 12.1 Å². The smallest absolute Gasteiger partial charge is 0.254 e. The lowest BCUT2D eigenvalue weighted by Gasteiger charge is -2.01. The van der Waals surface area contributed by atoms with E-state index in [0.29, 0.717) is 12.5 Å². The molecule has 1 atom stereocenters.